The molecular formula is C14H18N2O9. The molecule has 0 bridgehead atoms. The third-order valence-corrected chi connectivity index (χ3v) is 3.17. The molecule has 0 aromatic heterocycles. The summed E-state index contributed by atoms with van der Waals surface area (Å²) < 4.78 is 4.74. The summed E-state index contributed by atoms with van der Waals surface area (Å²) in [4.78, 5) is 37.2. The van der Waals surface area contributed by atoms with Crippen LogP contribution in [0.3, 0.4) is 0 Å². The molecule has 1 unspecified atom stereocenters. The number of carboxylic acids is 1. The van der Waals surface area contributed by atoms with Crippen LogP contribution in [0.25, 0.3) is 0 Å². The molecule has 0 spiro atoms. The largest absolute Gasteiger partial charge is 0.504 e. The summed E-state index contributed by atoms with van der Waals surface area (Å²) in [5.74, 6) is -2.11. The van der Waals surface area contributed by atoms with Crippen molar-refractivity contribution in [3.05, 3.63) is 33.9 Å². The van der Waals surface area contributed by atoms with Crippen LogP contribution in [0.4, 0.5) is 4.79 Å². The standard InChI is InChI=1S/C14H18N2O9/c1-14(12(19)20,8-9-3-4-10(17)11(18)7-9)15-13(21)24-5-2-6-25-16(22)23/h3-4,7,17-18H,2,5-6,8H2,1H3,(H,15,21)(H,19,20). The zero-order valence-corrected chi connectivity index (χ0v) is 13.3. The van der Waals surface area contributed by atoms with Gasteiger partial charge in [0, 0.05) is 12.8 Å². The molecule has 1 aromatic rings. The van der Waals surface area contributed by atoms with E-state index in [2.05, 4.69) is 10.2 Å². The Bertz CT molecular complexity index is 649. The van der Waals surface area contributed by atoms with Crippen LogP contribution in [0.15, 0.2) is 18.2 Å². The zero-order valence-electron chi connectivity index (χ0n) is 13.3. The van der Waals surface area contributed by atoms with Crippen molar-refractivity contribution in [1.29, 1.82) is 0 Å². The second-order valence-corrected chi connectivity index (χ2v) is 5.31. The van der Waals surface area contributed by atoms with E-state index < -0.39 is 28.4 Å². The van der Waals surface area contributed by atoms with Crippen LogP contribution < -0.4 is 5.32 Å². The number of nitrogens with one attached hydrogen (secondary N) is 1. The number of hydrogen-bond acceptors (Lipinski definition) is 8. The number of carboxylic acid groups (broad SMARTS) is 1. The van der Waals surface area contributed by atoms with Gasteiger partial charge >= 0.3 is 12.1 Å². The lowest BCUT2D eigenvalue weighted by Crippen LogP contribution is -2.54. The van der Waals surface area contributed by atoms with E-state index in [0.29, 0.717) is 5.56 Å². The van der Waals surface area contributed by atoms with E-state index in [1.54, 1.807) is 0 Å². The lowest BCUT2D eigenvalue weighted by Gasteiger charge is -2.26. The fourth-order valence-electron chi connectivity index (χ4n) is 1.88. The maximum atomic E-state index is 11.7. The van der Waals surface area contributed by atoms with Crippen LogP contribution in [0, 0.1) is 10.1 Å². The number of amides is 1. The number of hydrogen-bond donors (Lipinski definition) is 4. The SMILES string of the molecule is CC(Cc1ccc(O)c(O)c1)(NC(=O)OCCCO[N+](=O)[O-])C(=O)O. The van der Waals surface area contributed by atoms with Gasteiger partial charge in [-0.2, -0.15) is 0 Å². The van der Waals surface area contributed by atoms with Crippen molar-refractivity contribution in [1.82, 2.24) is 5.32 Å². The predicted molar refractivity (Wildman–Crippen MR) is 81.6 cm³/mol. The molecule has 11 heteroatoms. The Morgan fingerprint density at radius 3 is 2.52 bits per heavy atom. The van der Waals surface area contributed by atoms with E-state index in [-0.39, 0.29) is 31.8 Å². The molecular weight excluding hydrogens is 340 g/mol. The summed E-state index contributed by atoms with van der Waals surface area (Å²) in [6.07, 6.45) is -1.14. The number of carbonyl (C=O) groups is 2. The molecule has 138 valence electrons. The van der Waals surface area contributed by atoms with Gasteiger partial charge in [0.05, 0.1) is 13.2 Å². The smallest absolute Gasteiger partial charge is 0.408 e. The molecule has 0 aliphatic rings. The molecule has 0 saturated heterocycles. The minimum atomic E-state index is -1.74. The first kappa shape index (κ1) is 19.8. The molecule has 1 rings (SSSR count). The lowest BCUT2D eigenvalue weighted by molar-refractivity contribution is -0.757. The summed E-state index contributed by atoms with van der Waals surface area (Å²) in [7, 11) is 0. The number of carbonyl (C=O) groups excluding carboxylic acids is 1. The molecule has 0 aliphatic carbocycles. The molecule has 0 radical (unpaired) electrons. The highest BCUT2D eigenvalue weighted by molar-refractivity contribution is 5.84. The van der Waals surface area contributed by atoms with E-state index in [4.69, 9.17) is 4.74 Å². The first-order valence-corrected chi connectivity index (χ1v) is 7.10. The summed E-state index contributed by atoms with van der Waals surface area (Å²) in [6.45, 7) is 0.787. The summed E-state index contributed by atoms with van der Waals surface area (Å²) in [5.41, 5.74) is -1.38. The number of phenolic OH excluding ortho intramolecular Hbond substituents is 2. The Morgan fingerprint density at radius 2 is 1.96 bits per heavy atom. The lowest BCUT2D eigenvalue weighted by atomic mass is 9.93. The van der Waals surface area contributed by atoms with Crippen molar-refractivity contribution in [2.24, 2.45) is 0 Å². The highest BCUT2D eigenvalue weighted by Gasteiger charge is 2.36. The molecule has 1 amide bonds. The Morgan fingerprint density at radius 1 is 1.28 bits per heavy atom. The topological polar surface area (TPSA) is 168 Å². The van der Waals surface area contributed by atoms with Crippen molar-refractivity contribution in [3.8, 4) is 11.5 Å². The van der Waals surface area contributed by atoms with Gasteiger partial charge in [-0.15, -0.1) is 10.1 Å². The number of ether oxygens (including phenoxy) is 1. The van der Waals surface area contributed by atoms with Crippen LogP contribution in [-0.4, -0.2) is 51.2 Å². The minimum Gasteiger partial charge on any atom is -0.504 e. The molecule has 11 nitrogen and oxygen atoms in total. The van der Waals surface area contributed by atoms with Gasteiger partial charge in [0.15, 0.2) is 11.5 Å². The Hall–Kier alpha value is -3.24. The average Bonchev–Trinajstić information content (AvgIpc) is 2.50. The fraction of sp³-hybridized carbons (Fsp3) is 0.429. The molecule has 0 saturated carbocycles. The minimum absolute atomic E-state index is 0.0595. The van der Waals surface area contributed by atoms with Crippen LogP contribution in [0.5, 0.6) is 11.5 Å². The van der Waals surface area contributed by atoms with Crippen LogP contribution >= 0.6 is 0 Å². The number of alkyl carbamates (subject to hydrolysis) is 1. The van der Waals surface area contributed by atoms with Crippen molar-refractivity contribution in [2.45, 2.75) is 25.3 Å². The molecule has 4 N–H and O–H groups in total. The number of phenols is 2. The third kappa shape index (κ3) is 6.41. The number of rotatable bonds is 9. The molecule has 0 fully saturated rings. The van der Waals surface area contributed by atoms with Gasteiger partial charge in [0.1, 0.15) is 5.54 Å². The number of aromatic hydroxyl groups is 2. The molecule has 0 aliphatic heterocycles. The van der Waals surface area contributed by atoms with E-state index in [9.17, 15) is 35.0 Å². The van der Waals surface area contributed by atoms with E-state index >= 15 is 0 Å². The van der Waals surface area contributed by atoms with E-state index in [1.165, 1.54) is 25.1 Å². The zero-order chi connectivity index (χ0) is 19.0. The van der Waals surface area contributed by atoms with Gasteiger partial charge < -0.3 is 30.2 Å². The second kappa shape index (κ2) is 8.57. The molecule has 1 aromatic carbocycles. The highest BCUT2D eigenvalue weighted by Crippen LogP contribution is 2.26. The van der Waals surface area contributed by atoms with Gasteiger partial charge in [-0.1, -0.05) is 6.07 Å². The number of nitrogens with zero attached hydrogens (tertiary/aromatic N) is 1. The highest BCUT2D eigenvalue weighted by atomic mass is 16.9. The van der Waals surface area contributed by atoms with Gasteiger partial charge in [-0.3, -0.25) is 0 Å². The maximum absolute atomic E-state index is 11.7. The maximum Gasteiger partial charge on any atom is 0.408 e. The van der Waals surface area contributed by atoms with Gasteiger partial charge in [-0.05, 0) is 24.6 Å². The Labute approximate surface area is 141 Å². The number of benzene rings is 1. The summed E-state index contributed by atoms with van der Waals surface area (Å²) in [5, 5.41) is 39.2. The van der Waals surface area contributed by atoms with Crippen LogP contribution in [0.2, 0.25) is 0 Å². The van der Waals surface area contributed by atoms with Crippen LogP contribution in [0.1, 0.15) is 18.9 Å². The van der Waals surface area contributed by atoms with Crippen molar-refractivity contribution < 1.29 is 39.6 Å². The van der Waals surface area contributed by atoms with Crippen molar-refractivity contribution in [3.63, 3.8) is 0 Å². The van der Waals surface area contributed by atoms with E-state index in [0.717, 1.165) is 0 Å². The van der Waals surface area contributed by atoms with Gasteiger partial charge in [0.25, 0.3) is 5.09 Å². The monoisotopic (exact) mass is 358 g/mol. The normalized spacial score (nSPS) is 12.7. The predicted octanol–water partition coefficient (Wildman–Crippen LogP) is 0.808. The second-order valence-electron chi connectivity index (χ2n) is 5.31. The Balaban J connectivity index is 2.62. The average molecular weight is 358 g/mol. The Kier molecular flexibility index (Phi) is 6.79. The van der Waals surface area contributed by atoms with Gasteiger partial charge in [0.2, 0.25) is 0 Å². The molecule has 1 atom stereocenters. The number of aliphatic carboxylic acids is 1. The fourth-order valence-corrected chi connectivity index (χ4v) is 1.88. The van der Waals surface area contributed by atoms with Crippen molar-refractivity contribution in [2.75, 3.05) is 13.2 Å². The summed E-state index contributed by atoms with van der Waals surface area (Å²) in [6, 6.07) is 3.78. The molecule has 25 heavy (non-hydrogen) atoms. The quantitative estimate of drug-likeness (QED) is 0.216. The van der Waals surface area contributed by atoms with Gasteiger partial charge in [-0.25, -0.2) is 9.59 Å². The van der Waals surface area contributed by atoms with Crippen molar-refractivity contribution >= 4 is 12.1 Å². The third-order valence-electron chi connectivity index (χ3n) is 3.17. The summed E-state index contributed by atoms with van der Waals surface area (Å²) >= 11 is 0. The first-order chi connectivity index (χ1) is 11.6. The first-order valence-electron chi connectivity index (χ1n) is 7.10. The van der Waals surface area contributed by atoms with E-state index in [1.807, 2.05) is 0 Å². The van der Waals surface area contributed by atoms with Crippen LogP contribution in [-0.2, 0) is 20.8 Å². The molecule has 0 heterocycles.